The number of carbonyl (C=O) groups is 3. The molecule has 1 aromatic carbocycles. The standard InChI is InChI=1S/C23H27N3O7.H2O4S/c1-25(2)12-5-6-13(27)15-10(12)7-9-8-11-17(26(3)4)19(29)16(22(24)32)21(31)23(11,33)20(30)14(9)18(15)28;1-5(2,3)4/h5-6,9,11,17,27-28,31,33H,7-8H2,1-4H3,(H2,24,32);(H2,1,2,3,4)/t9-,11+,17-,23-;/m0./s1. The fourth-order valence-corrected chi connectivity index (χ4v) is 5.65. The zero-order chi connectivity index (χ0) is 29.1. The van der Waals surface area contributed by atoms with E-state index >= 15 is 0 Å². The molecule has 14 nitrogen and oxygen atoms in total. The van der Waals surface area contributed by atoms with Gasteiger partial charge < -0.3 is 31.1 Å². The fraction of sp³-hybridized carbons (Fsp3) is 0.435. The van der Waals surface area contributed by atoms with Crippen LogP contribution in [-0.2, 0) is 31.2 Å². The number of aliphatic hydroxyl groups excluding tert-OH is 2. The maximum atomic E-state index is 13.7. The Kier molecular flexibility index (Phi) is 7.39. The summed E-state index contributed by atoms with van der Waals surface area (Å²) in [5.41, 5.74) is 3.15. The Labute approximate surface area is 217 Å². The number of amides is 1. The quantitative estimate of drug-likeness (QED) is 0.182. The highest BCUT2D eigenvalue weighted by Crippen LogP contribution is 2.53. The summed E-state index contributed by atoms with van der Waals surface area (Å²) in [7, 11) is 2.08. The Morgan fingerprint density at radius 1 is 1.08 bits per heavy atom. The van der Waals surface area contributed by atoms with Gasteiger partial charge in [0.05, 0.1) is 11.6 Å². The van der Waals surface area contributed by atoms with Crippen molar-refractivity contribution in [1.82, 2.24) is 4.90 Å². The zero-order valence-electron chi connectivity index (χ0n) is 20.9. The molecular weight excluding hydrogens is 526 g/mol. The third-order valence-electron chi connectivity index (χ3n) is 7.06. The van der Waals surface area contributed by atoms with Gasteiger partial charge in [0.25, 0.3) is 5.91 Å². The fourth-order valence-electron chi connectivity index (χ4n) is 5.65. The van der Waals surface area contributed by atoms with Crippen molar-refractivity contribution in [2.75, 3.05) is 33.1 Å². The highest BCUT2D eigenvalue weighted by molar-refractivity contribution is 7.79. The Morgan fingerprint density at radius 3 is 2.11 bits per heavy atom. The number of carbonyl (C=O) groups excluding carboxylic acids is 3. The van der Waals surface area contributed by atoms with E-state index in [9.17, 15) is 34.8 Å². The van der Waals surface area contributed by atoms with Crippen LogP contribution in [0.4, 0.5) is 5.69 Å². The van der Waals surface area contributed by atoms with Crippen molar-refractivity contribution in [3.05, 3.63) is 40.2 Å². The molecule has 1 fully saturated rings. The number of hydrogen-bond donors (Lipinski definition) is 7. The van der Waals surface area contributed by atoms with Crippen LogP contribution < -0.4 is 10.6 Å². The minimum Gasteiger partial charge on any atom is -0.508 e. The average Bonchev–Trinajstić information content (AvgIpc) is 2.74. The Morgan fingerprint density at radius 2 is 1.63 bits per heavy atom. The second kappa shape index (κ2) is 9.67. The number of likely N-dealkylation sites (N-methyl/N-ethyl adjacent to an activating group) is 1. The van der Waals surface area contributed by atoms with Gasteiger partial charge in [0.15, 0.2) is 11.4 Å². The molecule has 0 spiro atoms. The molecule has 208 valence electrons. The van der Waals surface area contributed by atoms with Crippen molar-refractivity contribution < 1.29 is 52.3 Å². The number of nitrogens with two attached hydrogens (primary N) is 1. The maximum Gasteiger partial charge on any atom is 0.394 e. The van der Waals surface area contributed by atoms with Gasteiger partial charge >= 0.3 is 10.4 Å². The molecular formula is C23H29N3O11S. The summed E-state index contributed by atoms with van der Waals surface area (Å²) in [6.07, 6.45) is 0.324. The summed E-state index contributed by atoms with van der Waals surface area (Å²) >= 11 is 0. The summed E-state index contributed by atoms with van der Waals surface area (Å²) in [6.45, 7) is 0. The van der Waals surface area contributed by atoms with E-state index in [2.05, 4.69) is 0 Å². The van der Waals surface area contributed by atoms with Gasteiger partial charge in [-0.3, -0.25) is 28.4 Å². The number of ketones is 2. The number of phenolic OH excluding ortho intramolecular Hbond substituents is 1. The zero-order valence-corrected chi connectivity index (χ0v) is 21.7. The highest BCUT2D eigenvalue weighted by atomic mass is 32.3. The van der Waals surface area contributed by atoms with Gasteiger partial charge in [-0.2, -0.15) is 8.42 Å². The average molecular weight is 556 g/mol. The van der Waals surface area contributed by atoms with Crippen LogP contribution in [0, 0.1) is 11.8 Å². The van der Waals surface area contributed by atoms with Crippen LogP contribution in [0.15, 0.2) is 29.0 Å². The van der Waals surface area contributed by atoms with Crippen molar-refractivity contribution in [1.29, 1.82) is 0 Å². The molecule has 8 N–H and O–H groups in total. The SMILES string of the molecule is CN(C)c1ccc(O)c2c1C[C@H]1C[C@@H]3[C@H](N(C)C)C(=O)C(C(N)=O)=C(O)[C@@]3(O)C(=O)C1=C2O.O=S(=O)(O)O. The molecule has 15 heteroatoms. The molecule has 1 aromatic rings. The first-order valence-corrected chi connectivity index (χ1v) is 12.6. The van der Waals surface area contributed by atoms with Gasteiger partial charge in [-0.05, 0) is 50.6 Å². The number of fused-ring (bicyclic) bond motifs is 3. The van der Waals surface area contributed by atoms with Crippen LogP contribution >= 0.6 is 0 Å². The van der Waals surface area contributed by atoms with Crippen molar-refractivity contribution in [3.63, 3.8) is 0 Å². The van der Waals surface area contributed by atoms with Crippen LogP contribution in [0.25, 0.3) is 5.76 Å². The van der Waals surface area contributed by atoms with Gasteiger partial charge in [0, 0.05) is 31.3 Å². The molecule has 1 amide bonds. The van der Waals surface area contributed by atoms with E-state index in [0.29, 0.717) is 5.56 Å². The summed E-state index contributed by atoms with van der Waals surface area (Å²) in [5.74, 6) is -6.54. The molecule has 0 aromatic heterocycles. The summed E-state index contributed by atoms with van der Waals surface area (Å²) < 4.78 is 31.6. The maximum absolute atomic E-state index is 13.7. The number of anilines is 1. The molecule has 1 saturated carbocycles. The Bertz CT molecular complexity index is 1390. The van der Waals surface area contributed by atoms with E-state index in [0.717, 1.165) is 5.69 Å². The van der Waals surface area contributed by atoms with Gasteiger partial charge in [0.2, 0.25) is 5.78 Å². The number of primary amides is 1. The van der Waals surface area contributed by atoms with Gasteiger partial charge in [0.1, 0.15) is 22.8 Å². The molecule has 38 heavy (non-hydrogen) atoms. The molecule has 0 unspecified atom stereocenters. The van der Waals surface area contributed by atoms with Crippen LogP contribution in [0.1, 0.15) is 17.5 Å². The summed E-state index contributed by atoms with van der Waals surface area (Å²) in [5, 5.41) is 43.9. The van der Waals surface area contributed by atoms with Gasteiger partial charge in [-0.15, -0.1) is 0 Å². The third-order valence-corrected chi connectivity index (χ3v) is 7.06. The van der Waals surface area contributed by atoms with E-state index in [4.69, 9.17) is 23.3 Å². The van der Waals surface area contributed by atoms with Crippen molar-refractivity contribution >= 4 is 39.3 Å². The number of rotatable bonds is 3. The number of aliphatic hydroxyl groups is 3. The van der Waals surface area contributed by atoms with E-state index in [1.807, 2.05) is 19.0 Å². The van der Waals surface area contributed by atoms with Crippen LogP contribution in [0.2, 0.25) is 0 Å². The minimum absolute atomic E-state index is 0.0638. The smallest absolute Gasteiger partial charge is 0.394 e. The number of nitrogens with zero attached hydrogens (tertiary/aromatic N) is 2. The molecule has 3 aliphatic carbocycles. The predicted molar refractivity (Wildman–Crippen MR) is 133 cm³/mol. The summed E-state index contributed by atoms with van der Waals surface area (Å²) in [4.78, 5) is 42.0. The molecule has 0 radical (unpaired) electrons. The third kappa shape index (κ3) is 4.63. The first-order valence-electron chi connectivity index (χ1n) is 11.2. The first-order chi connectivity index (χ1) is 17.3. The number of benzene rings is 1. The number of Topliss-reactive ketones (excluding diaryl/α,β-unsaturated/α-hetero) is 2. The lowest BCUT2D eigenvalue weighted by Crippen LogP contribution is -2.65. The van der Waals surface area contributed by atoms with E-state index in [1.54, 1.807) is 20.2 Å². The van der Waals surface area contributed by atoms with Gasteiger partial charge in [-0.25, -0.2) is 0 Å². The molecule has 0 aliphatic heterocycles. The molecule has 4 rings (SSSR count). The number of hydrogen-bond acceptors (Lipinski definition) is 11. The van der Waals surface area contributed by atoms with E-state index < -0.39 is 68.4 Å². The Hall–Kier alpha value is -3.50. The first kappa shape index (κ1) is 29.1. The molecule has 0 heterocycles. The highest BCUT2D eigenvalue weighted by Gasteiger charge is 2.64. The molecule has 0 bridgehead atoms. The molecule has 3 aliphatic rings. The van der Waals surface area contributed by atoms with E-state index in [-0.39, 0.29) is 29.7 Å². The van der Waals surface area contributed by atoms with E-state index in [1.165, 1.54) is 11.0 Å². The summed E-state index contributed by atoms with van der Waals surface area (Å²) in [6, 6.07) is 2.01. The monoisotopic (exact) mass is 555 g/mol. The van der Waals surface area contributed by atoms with Crippen molar-refractivity contribution in [2.24, 2.45) is 17.6 Å². The van der Waals surface area contributed by atoms with Crippen molar-refractivity contribution in [3.8, 4) is 5.75 Å². The van der Waals surface area contributed by atoms with Gasteiger partial charge in [-0.1, -0.05) is 0 Å². The second-order valence-electron chi connectivity index (χ2n) is 9.76. The lowest BCUT2D eigenvalue weighted by Gasteiger charge is -2.50. The number of phenols is 1. The second-order valence-corrected chi connectivity index (χ2v) is 10.7. The van der Waals surface area contributed by atoms with Crippen LogP contribution in [0.5, 0.6) is 5.75 Å². The van der Waals surface area contributed by atoms with Crippen LogP contribution in [0.3, 0.4) is 0 Å². The van der Waals surface area contributed by atoms with Crippen LogP contribution in [-0.4, -0.2) is 100 Å². The lowest BCUT2D eigenvalue weighted by atomic mass is 9.57. The predicted octanol–water partition coefficient (Wildman–Crippen LogP) is -0.623. The number of aromatic hydroxyl groups is 1. The molecule has 4 atom stereocenters. The molecule has 0 saturated heterocycles. The lowest BCUT2D eigenvalue weighted by molar-refractivity contribution is -0.153. The largest absolute Gasteiger partial charge is 0.508 e. The minimum atomic E-state index is -4.67. The van der Waals surface area contributed by atoms with Crippen molar-refractivity contribution in [2.45, 2.75) is 24.5 Å². The normalized spacial score (nSPS) is 26.8. The topological polar surface area (TPSA) is 239 Å². The Balaban J connectivity index is 0.000000732.